The van der Waals surface area contributed by atoms with Gasteiger partial charge in [0.15, 0.2) is 0 Å². The van der Waals surface area contributed by atoms with Gasteiger partial charge in [0.05, 0.1) is 0 Å². The van der Waals surface area contributed by atoms with Crippen LogP contribution < -0.4 is 0 Å². The van der Waals surface area contributed by atoms with Crippen molar-refractivity contribution in [2.75, 3.05) is 13.1 Å². The lowest BCUT2D eigenvalue weighted by Gasteiger charge is -2.40. The van der Waals surface area contributed by atoms with E-state index in [1.54, 1.807) is 23.2 Å². The second-order valence-corrected chi connectivity index (χ2v) is 3.16. The van der Waals surface area contributed by atoms with Crippen molar-refractivity contribution >= 4 is 12.1 Å². The summed E-state index contributed by atoms with van der Waals surface area (Å²) in [6.45, 7) is 1.16. The molecule has 1 unspecified atom stereocenters. The summed E-state index contributed by atoms with van der Waals surface area (Å²) >= 11 is 0. The normalized spacial score (nSPS) is 25.2. The second kappa shape index (κ2) is 3.74. The van der Waals surface area contributed by atoms with Crippen LogP contribution in [-0.4, -0.2) is 46.5 Å². The van der Waals surface area contributed by atoms with E-state index in [0.29, 0.717) is 13.1 Å². The van der Waals surface area contributed by atoms with E-state index >= 15 is 0 Å². The number of carbonyl (C=O) groups excluding carboxylic acids is 1. The highest BCUT2D eigenvalue weighted by molar-refractivity contribution is 5.88. The molecule has 0 saturated carbocycles. The van der Waals surface area contributed by atoms with E-state index in [0.717, 1.165) is 0 Å². The van der Waals surface area contributed by atoms with Crippen molar-refractivity contribution in [2.24, 2.45) is 0 Å². The quantitative estimate of drug-likeness (QED) is 0.494. The van der Waals surface area contributed by atoms with E-state index in [4.69, 9.17) is 5.11 Å². The first kappa shape index (κ1) is 9.72. The largest absolute Gasteiger partial charge is 0.508 e. The highest BCUT2D eigenvalue weighted by atomic mass is 16.7. The highest BCUT2D eigenvalue weighted by Gasteiger charge is 2.32. The van der Waals surface area contributed by atoms with Gasteiger partial charge in [-0.15, -0.1) is 0 Å². The average molecular weight is 210 g/mol. The van der Waals surface area contributed by atoms with Gasteiger partial charge in [-0.05, 0) is 6.08 Å². The molecule has 2 heterocycles. The number of carboxylic acid groups (broad SMARTS) is 1. The van der Waals surface area contributed by atoms with Gasteiger partial charge < -0.3 is 9.84 Å². The van der Waals surface area contributed by atoms with Crippen molar-refractivity contribution in [1.82, 2.24) is 10.0 Å². The van der Waals surface area contributed by atoms with Gasteiger partial charge in [-0.2, -0.15) is 0 Å². The number of hydrazine groups is 1. The van der Waals surface area contributed by atoms with Crippen LogP contribution in [0.5, 0.6) is 0 Å². The van der Waals surface area contributed by atoms with Crippen molar-refractivity contribution in [3.63, 3.8) is 0 Å². The summed E-state index contributed by atoms with van der Waals surface area (Å²) in [6, 6.07) is 0. The van der Waals surface area contributed by atoms with E-state index in [1.165, 1.54) is 11.1 Å². The van der Waals surface area contributed by atoms with Crippen molar-refractivity contribution in [3.8, 4) is 0 Å². The fourth-order valence-corrected chi connectivity index (χ4v) is 1.60. The van der Waals surface area contributed by atoms with Gasteiger partial charge in [0.2, 0.25) is 6.23 Å². The van der Waals surface area contributed by atoms with E-state index in [9.17, 15) is 9.59 Å². The van der Waals surface area contributed by atoms with E-state index in [2.05, 4.69) is 4.74 Å². The summed E-state index contributed by atoms with van der Waals surface area (Å²) in [6.07, 6.45) is 4.23. The molecule has 0 saturated heterocycles. The minimum absolute atomic E-state index is 0.267. The average Bonchev–Trinajstić information content (AvgIpc) is 2.17. The first-order valence-electron chi connectivity index (χ1n) is 4.49. The third-order valence-electron chi connectivity index (χ3n) is 2.19. The summed E-state index contributed by atoms with van der Waals surface area (Å²) in [7, 11) is 0. The molecule has 1 N–H and O–H groups in total. The fourth-order valence-electron chi connectivity index (χ4n) is 1.60. The van der Waals surface area contributed by atoms with Crippen LogP contribution in [0.2, 0.25) is 0 Å². The lowest BCUT2D eigenvalue weighted by Crippen LogP contribution is -2.56. The minimum Gasteiger partial charge on any atom is -0.450 e. The van der Waals surface area contributed by atoms with Gasteiger partial charge in [-0.1, -0.05) is 12.2 Å². The molecule has 1 atom stereocenters. The monoisotopic (exact) mass is 210 g/mol. The molecule has 2 rings (SSSR count). The van der Waals surface area contributed by atoms with Gasteiger partial charge in [-0.25, -0.2) is 14.8 Å². The number of hydrogen-bond donors (Lipinski definition) is 1. The van der Waals surface area contributed by atoms with Crippen LogP contribution in [0.3, 0.4) is 0 Å². The van der Waals surface area contributed by atoms with Crippen molar-refractivity contribution < 1.29 is 19.4 Å². The Balaban J connectivity index is 2.20. The van der Waals surface area contributed by atoms with Crippen LogP contribution in [0, 0.1) is 0 Å². The third kappa shape index (κ3) is 1.84. The van der Waals surface area contributed by atoms with Crippen LogP contribution >= 0.6 is 0 Å². The maximum absolute atomic E-state index is 11.5. The summed E-state index contributed by atoms with van der Waals surface area (Å²) in [4.78, 5) is 21.9. The first-order chi connectivity index (χ1) is 7.18. The molecule has 0 fully saturated rings. The lowest BCUT2D eigenvalue weighted by molar-refractivity contribution is -0.166. The molecule has 0 aromatic carbocycles. The molecule has 0 aromatic heterocycles. The number of amides is 1. The Hall–Kier alpha value is -1.82. The lowest BCUT2D eigenvalue weighted by atomic mass is 10.3. The molecule has 15 heavy (non-hydrogen) atoms. The smallest absolute Gasteiger partial charge is 0.450 e. The van der Waals surface area contributed by atoms with Gasteiger partial charge >= 0.3 is 6.16 Å². The Bertz CT molecular complexity index is 350. The molecule has 0 radical (unpaired) electrons. The predicted octanol–water partition coefficient (Wildman–Crippen LogP) is 0.192. The second-order valence-electron chi connectivity index (χ2n) is 3.16. The first-order valence-corrected chi connectivity index (χ1v) is 4.49. The molecule has 0 bridgehead atoms. The summed E-state index contributed by atoms with van der Waals surface area (Å²) < 4.78 is 4.59. The summed E-state index contributed by atoms with van der Waals surface area (Å²) in [5.41, 5.74) is 0. The Morgan fingerprint density at radius 1 is 1.47 bits per heavy atom. The van der Waals surface area contributed by atoms with E-state index < -0.39 is 12.4 Å². The topological polar surface area (TPSA) is 70.1 Å². The van der Waals surface area contributed by atoms with E-state index in [-0.39, 0.29) is 5.91 Å². The van der Waals surface area contributed by atoms with Gasteiger partial charge in [0, 0.05) is 19.2 Å². The minimum atomic E-state index is -1.39. The van der Waals surface area contributed by atoms with E-state index in [1.807, 2.05) is 0 Å². The number of rotatable bonds is 1. The Kier molecular flexibility index (Phi) is 2.42. The van der Waals surface area contributed by atoms with Crippen molar-refractivity contribution in [2.45, 2.75) is 6.23 Å². The van der Waals surface area contributed by atoms with Crippen LogP contribution in [0.4, 0.5) is 4.79 Å². The molecule has 0 aliphatic carbocycles. The Labute approximate surface area is 86.0 Å². The zero-order valence-electron chi connectivity index (χ0n) is 7.87. The SMILES string of the molecule is O=C(O)OC1C=CCN2CC=CC(=O)N12. The van der Waals surface area contributed by atoms with Crippen LogP contribution in [0.15, 0.2) is 24.3 Å². The molecule has 0 spiro atoms. The summed E-state index contributed by atoms with van der Waals surface area (Å²) in [5, 5.41) is 11.5. The maximum atomic E-state index is 11.5. The van der Waals surface area contributed by atoms with Gasteiger partial charge in [0.25, 0.3) is 5.91 Å². The van der Waals surface area contributed by atoms with Gasteiger partial charge in [0.1, 0.15) is 0 Å². The molecular weight excluding hydrogens is 200 g/mol. The standard InChI is InChI=1S/C9H10N2O4/c12-7-3-1-5-10-6-2-4-8(11(7)10)15-9(13)14/h1-4,8H,5-6H2,(H,13,14). The van der Waals surface area contributed by atoms with Crippen molar-refractivity contribution in [3.05, 3.63) is 24.3 Å². The number of ether oxygens (including phenoxy) is 1. The molecule has 80 valence electrons. The molecule has 2 aliphatic heterocycles. The number of nitrogens with zero attached hydrogens (tertiary/aromatic N) is 2. The number of carbonyl (C=O) groups is 2. The zero-order chi connectivity index (χ0) is 10.8. The Morgan fingerprint density at radius 2 is 2.20 bits per heavy atom. The van der Waals surface area contributed by atoms with Crippen LogP contribution in [0.1, 0.15) is 0 Å². The maximum Gasteiger partial charge on any atom is 0.508 e. The van der Waals surface area contributed by atoms with Gasteiger partial charge in [-0.3, -0.25) is 4.79 Å². The summed E-state index contributed by atoms with van der Waals surface area (Å²) in [5.74, 6) is -0.267. The Morgan fingerprint density at radius 3 is 2.93 bits per heavy atom. The molecular formula is C9H10N2O4. The fraction of sp³-hybridized carbons (Fsp3) is 0.333. The van der Waals surface area contributed by atoms with Crippen molar-refractivity contribution in [1.29, 1.82) is 0 Å². The van der Waals surface area contributed by atoms with Crippen LogP contribution in [0.25, 0.3) is 0 Å². The zero-order valence-corrected chi connectivity index (χ0v) is 7.87. The molecule has 1 amide bonds. The molecule has 6 nitrogen and oxygen atoms in total. The highest BCUT2D eigenvalue weighted by Crippen LogP contribution is 2.17. The third-order valence-corrected chi connectivity index (χ3v) is 2.19. The molecule has 6 heteroatoms. The van der Waals surface area contributed by atoms with Crippen LogP contribution in [-0.2, 0) is 9.53 Å². The molecule has 0 aromatic rings. The number of fused-ring (bicyclic) bond motifs is 1. The molecule has 2 aliphatic rings. The number of hydrogen-bond acceptors (Lipinski definition) is 4. The predicted molar refractivity (Wildman–Crippen MR) is 49.6 cm³/mol.